The van der Waals surface area contributed by atoms with Crippen LogP contribution < -0.4 is 20.7 Å². The van der Waals surface area contributed by atoms with E-state index in [0.29, 0.717) is 0 Å². The van der Waals surface area contributed by atoms with Crippen LogP contribution in [0.5, 0.6) is 5.75 Å². The second-order valence-corrected chi connectivity index (χ2v) is 8.39. The quantitative estimate of drug-likeness (QED) is 0.686. The molecule has 8 heteroatoms. The van der Waals surface area contributed by atoms with Crippen molar-refractivity contribution in [1.82, 2.24) is 16.0 Å². The lowest BCUT2D eigenvalue weighted by Crippen LogP contribution is -2.84. The summed E-state index contributed by atoms with van der Waals surface area (Å²) >= 11 is 5.63. The molecule has 5 rings (SSSR count). The first kappa shape index (κ1) is 18.5. The zero-order chi connectivity index (χ0) is 19.1. The van der Waals surface area contributed by atoms with Crippen LogP contribution in [0.2, 0.25) is 5.02 Å². The Balaban J connectivity index is 1.23. The van der Waals surface area contributed by atoms with E-state index in [1.54, 1.807) is 0 Å². The van der Waals surface area contributed by atoms with E-state index in [1.807, 2.05) is 0 Å². The molecule has 1 amide bonds. The molecule has 2 unspecified atom stereocenters. The fraction of sp³-hybridized carbons (Fsp3) is 0.579. The number of benzene rings is 1. The van der Waals surface area contributed by atoms with Gasteiger partial charge in [0.1, 0.15) is 11.6 Å². The van der Waals surface area contributed by atoms with E-state index in [0.717, 1.165) is 38.8 Å². The lowest BCUT2D eigenvalue weighted by Gasteiger charge is -2.71. The summed E-state index contributed by atoms with van der Waals surface area (Å²) in [7, 11) is 0. The summed E-state index contributed by atoms with van der Waals surface area (Å²) < 4.78 is 18.7. The molecule has 6 nitrogen and oxygen atoms in total. The van der Waals surface area contributed by atoms with Gasteiger partial charge in [-0.1, -0.05) is 11.6 Å². The third-order valence-corrected chi connectivity index (χ3v) is 6.14. The Hall–Kier alpha value is -1.88. The van der Waals surface area contributed by atoms with Crippen LogP contribution in [-0.4, -0.2) is 42.7 Å². The van der Waals surface area contributed by atoms with Gasteiger partial charge >= 0.3 is 0 Å². The molecule has 2 atom stereocenters. The SMILES string of the molecule is N#CC1CNCCC1NC12CC(NC(=O)COc3ccc(Cl)c(F)c3)(C1)C2. The van der Waals surface area contributed by atoms with Crippen LogP contribution in [0.1, 0.15) is 25.7 Å². The van der Waals surface area contributed by atoms with E-state index in [-0.39, 0.29) is 46.3 Å². The highest BCUT2D eigenvalue weighted by atomic mass is 35.5. The topological polar surface area (TPSA) is 86.2 Å². The molecule has 3 aliphatic carbocycles. The number of ether oxygens (including phenoxy) is 1. The molecule has 4 aliphatic rings. The van der Waals surface area contributed by atoms with Crippen molar-refractivity contribution in [2.24, 2.45) is 5.92 Å². The number of hydrogen-bond donors (Lipinski definition) is 3. The zero-order valence-electron chi connectivity index (χ0n) is 14.9. The van der Waals surface area contributed by atoms with Crippen molar-refractivity contribution in [3.05, 3.63) is 29.0 Å². The Morgan fingerprint density at radius 3 is 2.89 bits per heavy atom. The van der Waals surface area contributed by atoms with Gasteiger partial charge in [-0.3, -0.25) is 4.79 Å². The molecule has 27 heavy (non-hydrogen) atoms. The Labute approximate surface area is 162 Å². The largest absolute Gasteiger partial charge is 0.484 e. The second kappa shape index (κ2) is 6.93. The molecule has 144 valence electrons. The Morgan fingerprint density at radius 2 is 2.19 bits per heavy atom. The van der Waals surface area contributed by atoms with E-state index in [4.69, 9.17) is 16.3 Å². The summed E-state index contributed by atoms with van der Waals surface area (Å²) in [6, 6.07) is 6.69. The van der Waals surface area contributed by atoms with Crippen LogP contribution in [0.25, 0.3) is 0 Å². The summed E-state index contributed by atoms with van der Waals surface area (Å²) in [5.41, 5.74) is -0.0989. The average molecular weight is 393 g/mol. The molecule has 1 aliphatic heterocycles. The standard InChI is InChI=1S/C19H22ClFN4O2/c20-14-2-1-13(5-15(14)21)27-8-17(26)25-19-9-18(10-19,11-19)24-16-3-4-23-7-12(16)6-22/h1-2,5,12,16,23-24H,3-4,7-11H2,(H,25,26). The predicted octanol–water partition coefficient (Wildman–Crippen LogP) is 1.74. The third kappa shape index (κ3) is 3.62. The van der Waals surface area contributed by atoms with Crippen LogP contribution in [0.4, 0.5) is 4.39 Å². The van der Waals surface area contributed by atoms with Crippen molar-refractivity contribution >= 4 is 17.5 Å². The predicted molar refractivity (Wildman–Crippen MR) is 97.9 cm³/mol. The molecule has 3 N–H and O–H groups in total. The van der Waals surface area contributed by atoms with Gasteiger partial charge in [0.25, 0.3) is 5.91 Å². The summed E-state index contributed by atoms with van der Waals surface area (Å²) in [6.45, 7) is 1.50. The van der Waals surface area contributed by atoms with Crippen molar-refractivity contribution < 1.29 is 13.9 Å². The molecule has 0 aromatic heterocycles. The lowest BCUT2D eigenvalue weighted by molar-refractivity contribution is -0.145. The fourth-order valence-electron chi connectivity index (χ4n) is 4.68. The second-order valence-electron chi connectivity index (χ2n) is 7.98. The van der Waals surface area contributed by atoms with E-state index in [9.17, 15) is 14.4 Å². The van der Waals surface area contributed by atoms with E-state index in [2.05, 4.69) is 22.0 Å². The molecule has 0 spiro atoms. The van der Waals surface area contributed by atoms with Crippen molar-refractivity contribution in [1.29, 1.82) is 5.26 Å². The average Bonchev–Trinajstić information content (AvgIpc) is 2.60. The maximum Gasteiger partial charge on any atom is 0.258 e. The van der Waals surface area contributed by atoms with Gasteiger partial charge in [0.15, 0.2) is 6.61 Å². The molecule has 1 saturated heterocycles. The van der Waals surface area contributed by atoms with Gasteiger partial charge in [0, 0.05) is 29.7 Å². The summed E-state index contributed by atoms with van der Waals surface area (Å²) in [6.07, 6.45) is 3.58. The van der Waals surface area contributed by atoms with Crippen LogP contribution in [0.15, 0.2) is 18.2 Å². The minimum Gasteiger partial charge on any atom is -0.484 e. The highest BCUT2D eigenvalue weighted by Gasteiger charge is 2.69. The van der Waals surface area contributed by atoms with Crippen molar-refractivity contribution in [3.63, 3.8) is 0 Å². The summed E-state index contributed by atoms with van der Waals surface area (Å²) in [5.74, 6) is -0.520. The van der Waals surface area contributed by atoms with Gasteiger partial charge in [-0.15, -0.1) is 0 Å². The number of nitrogens with zero attached hydrogens (tertiary/aromatic N) is 1. The maximum atomic E-state index is 13.4. The number of halogens is 2. The van der Waals surface area contributed by atoms with Gasteiger partial charge in [0.05, 0.1) is 17.0 Å². The molecular formula is C19H22ClFN4O2. The number of nitrogens with one attached hydrogen (secondary N) is 3. The van der Waals surface area contributed by atoms with Crippen LogP contribution >= 0.6 is 11.6 Å². The Morgan fingerprint density at radius 1 is 1.41 bits per heavy atom. The number of carbonyl (C=O) groups excluding carboxylic acids is 1. The zero-order valence-corrected chi connectivity index (χ0v) is 15.6. The Bertz CT molecular complexity index is 777. The van der Waals surface area contributed by atoms with Crippen molar-refractivity contribution in [2.45, 2.75) is 42.8 Å². The van der Waals surface area contributed by atoms with Crippen LogP contribution in [-0.2, 0) is 4.79 Å². The number of carbonyl (C=O) groups is 1. The molecule has 0 radical (unpaired) electrons. The maximum absolute atomic E-state index is 13.4. The smallest absolute Gasteiger partial charge is 0.258 e. The van der Waals surface area contributed by atoms with E-state index in [1.165, 1.54) is 18.2 Å². The summed E-state index contributed by atoms with van der Waals surface area (Å²) in [5, 5.41) is 19.3. The van der Waals surface area contributed by atoms with E-state index >= 15 is 0 Å². The minimum absolute atomic E-state index is 0.00788. The van der Waals surface area contributed by atoms with E-state index < -0.39 is 5.82 Å². The van der Waals surface area contributed by atoms with Crippen LogP contribution in [0, 0.1) is 23.1 Å². The number of hydrogen-bond acceptors (Lipinski definition) is 5. The molecular weight excluding hydrogens is 371 g/mol. The molecule has 3 saturated carbocycles. The van der Waals surface area contributed by atoms with Gasteiger partial charge in [0.2, 0.25) is 0 Å². The highest BCUT2D eigenvalue weighted by molar-refractivity contribution is 6.30. The minimum atomic E-state index is -0.574. The van der Waals surface area contributed by atoms with Gasteiger partial charge in [-0.05, 0) is 44.4 Å². The number of piperidine rings is 1. The Kier molecular flexibility index (Phi) is 4.75. The number of rotatable bonds is 6. The van der Waals surface area contributed by atoms with Crippen molar-refractivity contribution in [3.8, 4) is 11.8 Å². The normalized spacial score (nSPS) is 34.0. The van der Waals surface area contributed by atoms with Crippen LogP contribution in [0.3, 0.4) is 0 Å². The lowest BCUT2D eigenvalue weighted by atomic mass is 9.44. The molecule has 1 heterocycles. The molecule has 4 fully saturated rings. The third-order valence-electron chi connectivity index (χ3n) is 5.84. The summed E-state index contributed by atoms with van der Waals surface area (Å²) in [4.78, 5) is 12.2. The number of nitriles is 1. The monoisotopic (exact) mass is 392 g/mol. The first-order valence-corrected chi connectivity index (χ1v) is 9.57. The van der Waals surface area contributed by atoms with Gasteiger partial charge in [-0.2, -0.15) is 5.26 Å². The first-order chi connectivity index (χ1) is 12.9. The van der Waals surface area contributed by atoms with Gasteiger partial charge in [-0.25, -0.2) is 4.39 Å². The highest BCUT2D eigenvalue weighted by Crippen LogP contribution is 2.60. The molecule has 2 bridgehead atoms. The number of amides is 1. The molecule has 1 aromatic carbocycles. The van der Waals surface area contributed by atoms with Crippen molar-refractivity contribution in [2.75, 3.05) is 19.7 Å². The van der Waals surface area contributed by atoms with Gasteiger partial charge < -0.3 is 20.7 Å². The molecule has 1 aromatic rings. The first-order valence-electron chi connectivity index (χ1n) is 9.20. The fourth-order valence-corrected chi connectivity index (χ4v) is 4.80.